The highest BCUT2D eigenvalue weighted by Gasteiger charge is 2.41. The number of ketones is 2. The molecule has 0 amide bonds. The summed E-state index contributed by atoms with van der Waals surface area (Å²) in [5, 5.41) is 53.4. The summed E-state index contributed by atoms with van der Waals surface area (Å²) in [6, 6.07) is 0. The third-order valence-corrected chi connectivity index (χ3v) is 6.15. The largest absolute Gasteiger partial charge is 0.507 e. The zero-order chi connectivity index (χ0) is 25.0. The molecule has 5 N–H and O–H groups in total. The minimum Gasteiger partial charge on any atom is -0.507 e. The van der Waals surface area contributed by atoms with Crippen LogP contribution in [0, 0.1) is 6.92 Å². The normalized spacial score (nSPS) is 16.6. The number of hydrogen-bond donors (Lipinski definition) is 5. The molecule has 0 saturated heterocycles. The summed E-state index contributed by atoms with van der Waals surface area (Å²) >= 11 is 0. The van der Waals surface area contributed by atoms with Crippen molar-refractivity contribution in [2.45, 2.75) is 59.2 Å². The first-order valence-electron chi connectivity index (χ1n) is 10.3. The van der Waals surface area contributed by atoms with E-state index in [1.54, 1.807) is 13.8 Å². The van der Waals surface area contributed by atoms with E-state index in [9.17, 15) is 35.1 Å². The number of carbonyl (C=O) groups excluding carboxylic acids is 2. The van der Waals surface area contributed by atoms with E-state index in [-0.39, 0.29) is 57.7 Å². The maximum Gasteiger partial charge on any atom is 0.167 e. The van der Waals surface area contributed by atoms with E-state index >= 15 is 0 Å². The van der Waals surface area contributed by atoms with E-state index in [1.165, 1.54) is 27.9 Å². The minimum absolute atomic E-state index is 0.0435. The molecule has 178 valence electrons. The second-order valence-corrected chi connectivity index (χ2v) is 8.78. The summed E-state index contributed by atoms with van der Waals surface area (Å²) in [4.78, 5) is 24.4. The molecule has 9 nitrogen and oxygen atoms in total. The number of hydrogen-bond acceptors (Lipinski definition) is 9. The highest BCUT2D eigenvalue weighted by molar-refractivity contribution is 6.02. The Morgan fingerprint density at radius 1 is 0.970 bits per heavy atom. The number of fused-ring (bicyclic) bond motifs is 1. The highest BCUT2D eigenvalue weighted by Crippen LogP contribution is 2.51. The molecule has 0 aliphatic carbocycles. The summed E-state index contributed by atoms with van der Waals surface area (Å²) in [7, 11) is 1.32. The molecule has 1 aliphatic rings. The van der Waals surface area contributed by atoms with Gasteiger partial charge in [-0.05, 0) is 34.6 Å². The second kappa shape index (κ2) is 8.15. The average molecular weight is 460 g/mol. The van der Waals surface area contributed by atoms with Crippen molar-refractivity contribution in [3.05, 3.63) is 33.4 Å². The van der Waals surface area contributed by atoms with Crippen LogP contribution in [0.5, 0.6) is 34.5 Å². The number of carbonyl (C=O) groups is 2. The molecule has 1 aliphatic heterocycles. The van der Waals surface area contributed by atoms with Crippen LogP contribution in [-0.2, 0) is 12.8 Å². The van der Waals surface area contributed by atoms with Gasteiger partial charge in [-0.25, -0.2) is 0 Å². The number of ether oxygens (including phenoxy) is 2. The van der Waals surface area contributed by atoms with E-state index in [4.69, 9.17) is 9.47 Å². The predicted octanol–water partition coefficient (Wildman–Crippen LogP) is 2.90. The van der Waals surface area contributed by atoms with Crippen molar-refractivity contribution < 1.29 is 44.6 Å². The molecule has 1 atom stereocenters. The molecule has 3 rings (SSSR count). The van der Waals surface area contributed by atoms with Gasteiger partial charge < -0.3 is 35.0 Å². The predicted molar refractivity (Wildman–Crippen MR) is 118 cm³/mol. The Morgan fingerprint density at radius 3 is 2.00 bits per heavy atom. The lowest BCUT2D eigenvalue weighted by atomic mass is 9.85. The summed E-state index contributed by atoms with van der Waals surface area (Å²) in [6.45, 7) is 7.13. The van der Waals surface area contributed by atoms with Gasteiger partial charge in [0.1, 0.15) is 51.2 Å². The first-order chi connectivity index (χ1) is 15.2. The zero-order valence-corrected chi connectivity index (χ0v) is 19.4. The van der Waals surface area contributed by atoms with Crippen LogP contribution in [0.15, 0.2) is 0 Å². The van der Waals surface area contributed by atoms with Crippen molar-refractivity contribution in [1.82, 2.24) is 0 Å². The fraction of sp³-hybridized carbons (Fsp3) is 0.417. The smallest absolute Gasteiger partial charge is 0.167 e. The molecule has 33 heavy (non-hydrogen) atoms. The average Bonchev–Trinajstić information content (AvgIpc) is 2.70. The monoisotopic (exact) mass is 460 g/mol. The van der Waals surface area contributed by atoms with Crippen molar-refractivity contribution in [1.29, 1.82) is 0 Å². The molecule has 0 spiro atoms. The van der Waals surface area contributed by atoms with Crippen molar-refractivity contribution in [3.8, 4) is 34.5 Å². The van der Waals surface area contributed by atoms with Crippen LogP contribution >= 0.6 is 0 Å². The molecule has 9 heteroatoms. The van der Waals surface area contributed by atoms with Gasteiger partial charge in [-0.2, -0.15) is 0 Å². The molecule has 2 aromatic rings. The van der Waals surface area contributed by atoms with E-state index in [1.807, 2.05) is 0 Å². The van der Waals surface area contributed by atoms with Gasteiger partial charge in [-0.3, -0.25) is 9.59 Å². The first-order valence-corrected chi connectivity index (χ1v) is 10.3. The molecular formula is C24H28O9. The van der Waals surface area contributed by atoms with Gasteiger partial charge in [-0.1, -0.05) is 0 Å². The van der Waals surface area contributed by atoms with Gasteiger partial charge in [0.25, 0.3) is 0 Å². The van der Waals surface area contributed by atoms with Crippen LogP contribution in [0.3, 0.4) is 0 Å². The van der Waals surface area contributed by atoms with E-state index < -0.39 is 46.3 Å². The number of Topliss-reactive ketones (excluding diaryl/α,β-unsaturated/α-hetero) is 2. The number of phenolic OH excluding ortho intramolecular Hbond substituents is 4. The third-order valence-electron chi connectivity index (χ3n) is 6.15. The number of benzene rings is 2. The Kier molecular flexibility index (Phi) is 5.97. The van der Waals surface area contributed by atoms with Gasteiger partial charge in [0.2, 0.25) is 0 Å². The topological polar surface area (TPSA) is 154 Å². The molecular weight excluding hydrogens is 432 g/mol. The zero-order valence-electron chi connectivity index (χ0n) is 19.4. The van der Waals surface area contributed by atoms with Crippen LogP contribution in [0.2, 0.25) is 0 Å². The number of aromatic hydroxyl groups is 4. The number of methoxy groups -OCH3 is 1. The fourth-order valence-corrected chi connectivity index (χ4v) is 4.23. The Hall–Kier alpha value is -3.46. The number of aliphatic hydroxyl groups excluding tert-OH is 1. The fourth-order valence-electron chi connectivity index (χ4n) is 4.23. The summed E-state index contributed by atoms with van der Waals surface area (Å²) < 4.78 is 11.3. The van der Waals surface area contributed by atoms with E-state index in [0.29, 0.717) is 0 Å². The van der Waals surface area contributed by atoms with Crippen LogP contribution in [0.1, 0.15) is 70.7 Å². The summed E-state index contributed by atoms with van der Waals surface area (Å²) in [5.74, 6) is -3.07. The van der Waals surface area contributed by atoms with Gasteiger partial charge >= 0.3 is 0 Å². The standard InChI is InChI=1S/C24H28O9/c1-9-18(28)16(10(2)25)19(29)12(22(9)32-6)7-13-20(30)17(11(3)26)21(31)14-8-15(27)24(4,5)33-23(13)14/h15,27-31H,7-8H2,1-6H3. The van der Waals surface area contributed by atoms with Crippen LogP contribution in [0.25, 0.3) is 0 Å². The lowest BCUT2D eigenvalue weighted by Crippen LogP contribution is -2.46. The number of rotatable bonds is 5. The van der Waals surface area contributed by atoms with Crippen LogP contribution in [0.4, 0.5) is 0 Å². The molecule has 0 aromatic heterocycles. The number of aliphatic hydroxyl groups is 1. The van der Waals surface area contributed by atoms with Gasteiger partial charge in [0.05, 0.1) is 13.2 Å². The van der Waals surface area contributed by atoms with Gasteiger partial charge in [-0.15, -0.1) is 0 Å². The SMILES string of the molecule is COc1c(C)c(O)c(C(C)=O)c(O)c1Cc1c(O)c(C(C)=O)c(O)c2c1OC(C)(C)C(O)C2. The molecule has 0 fully saturated rings. The minimum atomic E-state index is -1.08. The molecule has 0 bridgehead atoms. The lowest BCUT2D eigenvalue weighted by molar-refractivity contribution is -0.0424. The molecule has 0 radical (unpaired) electrons. The molecule has 2 aromatic carbocycles. The third kappa shape index (κ3) is 3.72. The Bertz CT molecular complexity index is 1180. The Labute approximate surface area is 190 Å². The number of phenols is 4. The lowest BCUT2D eigenvalue weighted by Gasteiger charge is -2.39. The first kappa shape index (κ1) is 24.2. The maximum atomic E-state index is 12.2. The van der Waals surface area contributed by atoms with Crippen molar-refractivity contribution in [2.24, 2.45) is 0 Å². The molecule has 1 heterocycles. The van der Waals surface area contributed by atoms with E-state index in [2.05, 4.69) is 0 Å². The van der Waals surface area contributed by atoms with Crippen molar-refractivity contribution in [3.63, 3.8) is 0 Å². The van der Waals surface area contributed by atoms with Gasteiger partial charge in [0, 0.05) is 35.1 Å². The molecule has 1 unspecified atom stereocenters. The van der Waals surface area contributed by atoms with Crippen LogP contribution < -0.4 is 9.47 Å². The maximum absolute atomic E-state index is 12.2. The molecule has 0 saturated carbocycles. The Morgan fingerprint density at radius 2 is 1.48 bits per heavy atom. The quantitative estimate of drug-likeness (QED) is 0.424. The van der Waals surface area contributed by atoms with Gasteiger partial charge in [0.15, 0.2) is 11.6 Å². The van der Waals surface area contributed by atoms with Crippen LogP contribution in [-0.4, -0.2) is 55.9 Å². The highest BCUT2D eigenvalue weighted by atomic mass is 16.5. The second-order valence-electron chi connectivity index (χ2n) is 8.78. The van der Waals surface area contributed by atoms with Crippen molar-refractivity contribution in [2.75, 3.05) is 7.11 Å². The Balaban J connectivity index is 2.38. The van der Waals surface area contributed by atoms with E-state index in [0.717, 1.165) is 0 Å². The summed E-state index contributed by atoms with van der Waals surface area (Å²) in [6.07, 6.45) is -1.31. The summed E-state index contributed by atoms with van der Waals surface area (Å²) in [5.41, 5.74) is -1.27. The van der Waals surface area contributed by atoms with Crippen molar-refractivity contribution >= 4 is 11.6 Å².